The smallest absolute Gasteiger partial charge is 0.270 e. The van der Waals surface area contributed by atoms with Crippen molar-refractivity contribution in [3.63, 3.8) is 0 Å². The molecule has 1 aliphatic rings. The van der Waals surface area contributed by atoms with Crippen LogP contribution in [0.15, 0.2) is 88.2 Å². The van der Waals surface area contributed by atoms with Crippen molar-refractivity contribution in [1.82, 2.24) is 0 Å². The van der Waals surface area contributed by atoms with Crippen molar-refractivity contribution in [2.75, 3.05) is 12.0 Å². The summed E-state index contributed by atoms with van der Waals surface area (Å²) in [4.78, 5) is 15.1. The maximum Gasteiger partial charge on any atom is 0.270 e. The summed E-state index contributed by atoms with van der Waals surface area (Å²) in [6, 6.07) is 25.2. The Morgan fingerprint density at radius 3 is 2.64 bits per heavy atom. The molecule has 4 aromatic rings. The van der Waals surface area contributed by atoms with Crippen LogP contribution in [0.5, 0.6) is 11.5 Å². The monoisotopic (exact) mass is 595 g/mol. The van der Waals surface area contributed by atoms with Gasteiger partial charge >= 0.3 is 0 Å². The largest absolute Gasteiger partial charge is 0.493 e. The molecule has 0 radical (unpaired) electrons. The Morgan fingerprint density at radius 1 is 1.06 bits per heavy atom. The molecule has 8 heteroatoms. The van der Waals surface area contributed by atoms with E-state index in [1.165, 1.54) is 16.7 Å². The number of nitrogens with zero attached hydrogens (tertiary/aromatic N) is 1. The molecule has 0 unspecified atom stereocenters. The van der Waals surface area contributed by atoms with Gasteiger partial charge in [0.25, 0.3) is 5.91 Å². The van der Waals surface area contributed by atoms with Gasteiger partial charge in [-0.2, -0.15) is 0 Å². The van der Waals surface area contributed by atoms with Gasteiger partial charge in [-0.25, -0.2) is 0 Å². The molecule has 0 spiro atoms. The second kappa shape index (κ2) is 10.6. The summed E-state index contributed by atoms with van der Waals surface area (Å²) in [5, 5.41) is 2.85. The number of ether oxygens (including phenoxy) is 2. The normalized spacial score (nSPS) is 14.6. The lowest BCUT2D eigenvalue weighted by molar-refractivity contribution is -0.113. The lowest BCUT2D eigenvalue weighted by Gasteiger charge is -2.15. The van der Waals surface area contributed by atoms with E-state index in [9.17, 15) is 4.79 Å². The highest BCUT2D eigenvalue weighted by molar-refractivity contribution is 9.10. The van der Waals surface area contributed by atoms with Crippen molar-refractivity contribution < 1.29 is 14.3 Å². The standard InChI is InChI=1S/C28H19BrClNO3S2/c1-33-24-13-17(14-25-27(32)31(28(35)36-25)21-10-5-9-20(30)15-21)12-23(29)26(24)34-16-19-8-4-7-18-6-2-3-11-22(18)19/h2-15H,16H2,1H3/b25-14-. The van der Waals surface area contributed by atoms with E-state index in [1.54, 1.807) is 37.5 Å². The molecule has 4 nitrogen and oxygen atoms in total. The van der Waals surface area contributed by atoms with Crippen molar-refractivity contribution in [2.45, 2.75) is 6.61 Å². The predicted molar refractivity (Wildman–Crippen MR) is 156 cm³/mol. The molecule has 0 N–H and O–H groups in total. The van der Waals surface area contributed by atoms with Crippen LogP contribution < -0.4 is 14.4 Å². The molecule has 0 bridgehead atoms. The maximum atomic E-state index is 13.1. The summed E-state index contributed by atoms with van der Waals surface area (Å²) in [5.41, 5.74) is 2.50. The van der Waals surface area contributed by atoms with Gasteiger partial charge < -0.3 is 9.47 Å². The third-order valence-corrected chi connectivity index (χ3v) is 7.79. The van der Waals surface area contributed by atoms with Crippen molar-refractivity contribution >= 4 is 84.3 Å². The summed E-state index contributed by atoms with van der Waals surface area (Å²) >= 11 is 16.5. The number of thioether (sulfide) groups is 1. The molecule has 0 aromatic heterocycles. The summed E-state index contributed by atoms with van der Waals surface area (Å²) in [6.45, 7) is 0.383. The summed E-state index contributed by atoms with van der Waals surface area (Å²) < 4.78 is 13.0. The lowest BCUT2D eigenvalue weighted by atomic mass is 10.1. The number of methoxy groups -OCH3 is 1. The summed E-state index contributed by atoms with van der Waals surface area (Å²) in [5.74, 6) is 0.953. The zero-order valence-corrected chi connectivity index (χ0v) is 23.0. The molecule has 0 aliphatic carbocycles. The minimum Gasteiger partial charge on any atom is -0.493 e. The molecular weight excluding hydrogens is 578 g/mol. The highest BCUT2D eigenvalue weighted by Gasteiger charge is 2.33. The number of anilines is 1. The number of fused-ring (bicyclic) bond motifs is 1. The van der Waals surface area contributed by atoms with Crippen molar-refractivity contribution in [3.05, 3.63) is 104 Å². The fourth-order valence-electron chi connectivity index (χ4n) is 3.99. The number of benzene rings is 4. The van der Waals surface area contributed by atoms with Crippen molar-refractivity contribution in [1.29, 1.82) is 0 Å². The van der Waals surface area contributed by atoms with Gasteiger partial charge in [-0.1, -0.05) is 84.1 Å². The molecule has 180 valence electrons. The molecule has 1 aliphatic heterocycles. The topological polar surface area (TPSA) is 38.8 Å². The van der Waals surface area contributed by atoms with Crippen molar-refractivity contribution in [2.24, 2.45) is 0 Å². The first-order valence-corrected chi connectivity index (χ1v) is 13.3. The first-order chi connectivity index (χ1) is 17.4. The van der Waals surface area contributed by atoms with Crippen LogP contribution in [0.4, 0.5) is 5.69 Å². The Bertz CT molecular complexity index is 1530. The molecule has 0 atom stereocenters. The molecule has 1 saturated heterocycles. The molecule has 1 fully saturated rings. The van der Waals surface area contributed by atoms with Gasteiger partial charge in [0.1, 0.15) is 6.61 Å². The van der Waals surface area contributed by atoms with Crippen LogP contribution in [0.1, 0.15) is 11.1 Å². The zero-order valence-electron chi connectivity index (χ0n) is 19.0. The van der Waals surface area contributed by atoms with Crippen LogP contribution in [0.3, 0.4) is 0 Å². The SMILES string of the molecule is COc1cc(/C=C2\SC(=S)N(c3cccc(Cl)c3)C2=O)cc(Br)c1OCc1cccc2ccccc12. The first kappa shape index (κ1) is 24.8. The van der Waals surface area contributed by atoms with E-state index in [4.69, 9.17) is 33.3 Å². The highest BCUT2D eigenvalue weighted by Crippen LogP contribution is 2.41. The number of hydrogen-bond acceptors (Lipinski definition) is 5. The highest BCUT2D eigenvalue weighted by atomic mass is 79.9. The Balaban J connectivity index is 1.41. The second-order valence-corrected chi connectivity index (χ2v) is 10.9. The van der Waals surface area contributed by atoms with Crippen LogP contribution in [-0.4, -0.2) is 17.3 Å². The van der Waals surface area contributed by atoms with Gasteiger partial charge in [0.15, 0.2) is 15.8 Å². The van der Waals surface area contributed by atoms with Gasteiger partial charge in [-0.15, -0.1) is 0 Å². The first-order valence-electron chi connectivity index (χ1n) is 10.9. The van der Waals surface area contributed by atoms with Crippen LogP contribution in [0.25, 0.3) is 16.8 Å². The number of carbonyl (C=O) groups is 1. The minimum absolute atomic E-state index is 0.196. The van der Waals surface area contributed by atoms with Gasteiger partial charge in [0, 0.05) is 5.02 Å². The Kier molecular flexibility index (Phi) is 7.34. The van der Waals surface area contributed by atoms with E-state index in [1.807, 2.05) is 30.3 Å². The van der Waals surface area contributed by atoms with E-state index >= 15 is 0 Å². The van der Waals surface area contributed by atoms with Gasteiger partial charge in [0.2, 0.25) is 0 Å². The molecule has 1 amide bonds. The number of thiocarbonyl (C=S) groups is 1. The van der Waals surface area contributed by atoms with E-state index in [0.717, 1.165) is 26.4 Å². The van der Waals surface area contributed by atoms with Gasteiger partial charge in [0.05, 0.1) is 22.2 Å². The molecule has 5 rings (SSSR count). The third-order valence-electron chi connectivity index (χ3n) is 5.66. The van der Waals surface area contributed by atoms with Crippen LogP contribution >= 0.6 is 51.5 Å². The van der Waals surface area contributed by atoms with Gasteiger partial charge in [-0.3, -0.25) is 9.69 Å². The lowest BCUT2D eigenvalue weighted by Crippen LogP contribution is -2.27. The number of rotatable bonds is 6. The van der Waals surface area contributed by atoms with E-state index in [-0.39, 0.29) is 5.91 Å². The van der Waals surface area contributed by atoms with E-state index in [2.05, 4.69) is 40.2 Å². The quantitative estimate of drug-likeness (QED) is 0.166. The van der Waals surface area contributed by atoms with Crippen LogP contribution in [0.2, 0.25) is 5.02 Å². The van der Waals surface area contributed by atoms with Crippen molar-refractivity contribution in [3.8, 4) is 11.5 Å². The fraction of sp³-hybridized carbons (Fsp3) is 0.0714. The van der Waals surface area contributed by atoms with Gasteiger partial charge in [-0.05, 0) is 74.2 Å². The Labute approximate surface area is 232 Å². The summed E-state index contributed by atoms with van der Waals surface area (Å²) in [6.07, 6.45) is 1.80. The molecular formula is C28H19BrClNO3S2. The number of halogens is 2. The molecule has 0 saturated carbocycles. The maximum absolute atomic E-state index is 13.1. The molecule has 36 heavy (non-hydrogen) atoms. The zero-order chi connectivity index (χ0) is 25.2. The third kappa shape index (κ3) is 5.02. The predicted octanol–water partition coefficient (Wildman–Crippen LogP) is 8.25. The number of amides is 1. The average Bonchev–Trinajstić information content (AvgIpc) is 3.15. The van der Waals surface area contributed by atoms with E-state index < -0.39 is 0 Å². The van der Waals surface area contributed by atoms with Crippen LogP contribution in [0, 0.1) is 0 Å². The van der Waals surface area contributed by atoms with E-state index in [0.29, 0.717) is 38.0 Å². The minimum atomic E-state index is -0.196. The summed E-state index contributed by atoms with van der Waals surface area (Å²) in [7, 11) is 1.59. The van der Waals surface area contributed by atoms with Crippen LogP contribution in [-0.2, 0) is 11.4 Å². The second-order valence-electron chi connectivity index (χ2n) is 7.96. The molecule has 1 heterocycles. The Morgan fingerprint density at radius 2 is 1.83 bits per heavy atom. The molecule has 4 aromatic carbocycles. The number of hydrogen-bond donors (Lipinski definition) is 0. The number of carbonyl (C=O) groups excluding carboxylic acids is 1. The fourth-order valence-corrected chi connectivity index (χ4v) is 6.05. The Hall–Kier alpha value is -2.84. The average molecular weight is 597 g/mol.